The van der Waals surface area contributed by atoms with Gasteiger partial charge in [-0.1, -0.05) is 6.92 Å². The molecule has 1 aromatic carbocycles. The molecule has 7 nitrogen and oxygen atoms in total. The van der Waals surface area contributed by atoms with Crippen molar-refractivity contribution in [2.75, 3.05) is 13.1 Å². The summed E-state index contributed by atoms with van der Waals surface area (Å²) in [5.74, 6) is -3.64. The summed E-state index contributed by atoms with van der Waals surface area (Å²) in [7, 11) is -4.43. The summed E-state index contributed by atoms with van der Waals surface area (Å²) in [5.41, 5.74) is -0.315. The van der Waals surface area contributed by atoms with Gasteiger partial charge in [-0.3, -0.25) is 9.69 Å². The lowest BCUT2D eigenvalue weighted by molar-refractivity contribution is -0.139. The molecular weight excluding hydrogens is 356 g/mol. The first-order valence-corrected chi connectivity index (χ1v) is 9.03. The van der Waals surface area contributed by atoms with E-state index < -0.39 is 38.6 Å². The van der Waals surface area contributed by atoms with Crippen molar-refractivity contribution in [3.05, 3.63) is 29.3 Å². The van der Waals surface area contributed by atoms with Crippen LogP contribution in [0.1, 0.15) is 25.3 Å². The maximum absolute atomic E-state index is 13.9. The van der Waals surface area contributed by atoms with Crippen LogP contribution in [-0.4, -0.2) is 49.6 Å². The number of halogens is 2. The van der Waals surface area contributed by atoms with Crippen molar-refractivity contribution >= 4 is 16.0 Å². The summed E-state index contributed by atoms with van der Waals surface area (Å²) < 4.78 is 54.4. The maximum atomic E-state index is 13.9. The normalized spacial score (nSPS) is 20.1. The molecule has 0 aromatic heterocycles. The largest absolute Gasteiger partial charge is 0.480 e. The van der Waals surface area contributed by atoms with E-state index in [0.29, 0.717) is 31.5 Å². The van der Waals surface area contributed by atoms with Gasteiger partial charge in [0.25, 0.3) is 0 Å². The topological polar surface area (TPSA) is 110 Å². The van der Waals surface area contributed by atoms with Gasteiger partial charge in [0.05, 0.1) is 18.2 Å². The van der Waals surface area contributed by atoms with Gasteiger partial charge in [-0.15, -0.1) is 0 Å². The fourth-order valence-corrected chi connectivity index (χ4v) is 4.19. The van der Waals surface area contributed by atoms with Gasteiger partial charge in [-0.25, -0.2) is 21.9 Å². The predicted octanol–water partition coefficient (Wildman–Crippen LogP) is 1.05. The van der Waals surface area contributed by atoms with Crippen LogP contribution in [0.25, 0.3) is 0 Å². The highest BCUT2D eigenvalue weighted by Crippen LogP contribution is 2.28. The van der Waals surface area contributed by atoms with Crippen LogP contribution in [-0.2, 0) is 14.8 Å². The van der Waals surface area contributed by atoms with Gasteiger partial charge < -0.3 is 5.11 Å². The smallest absolute Gasteiger partial charge is 0.317 e. The second kappa shape index (κ2) is 7.43. The van der Waals surface area contributed by atoms with Crippen molar-refractivity contribution in [2.24, 2.45) is 0 Å². The van der Waals surface area contributed by atoms with Crippen LogP contribution >= 0.6 is 0 Å². The van der Waals surface area contributed by atoms with Crippen LogP contribution in [0.5, 0.6) is 0 Å². The van der Waals surface area contributed by atoms with E-state index in [1.165, 1.54) is 0 Å². The Bertz CT molecular complexity index is 794. The van der Waals surface area contributed by atoms with Crippen LogP contribution in [0.3, 0.4) is 0 Å². The van der Waals surface area contributed by atoms with Crippen molar-refractivity contribution in [3.63, 3.8) is 0 Å². The van der Waals surface area contributed by atoms with Crippen LogP contribution in [0.2, 0.25) is 0 Å². The number of benzene rings is 1. The number of carbonyl (C=O) groups is 1. The summed E-state index contributed by atoms with van der Waals surface area (Å²) in [5, 5.41) is 17.5. The van der Waals surface area contributed by atoms with Gasteiger partial charge in [0.2, 0.25) is 10.0 Å². The number of nitriles is 1. The van der Waals surface area contributed by atoms with Gasteiger partial charge in [0.1, 0.15) is 11.6 Å². The molecule has 0 spiro atoms. The molecule has 0 aliphatic heterocycles. The Labute approximate surface area is 143 Å². The van der Waals surface area contributed by atoms with Gasteiger partial charge in [-0.05, 0) is 31.5 Å². The fraction of sp³-hybridized carbons (Fsp3) is 0.467. The average Bonchev–Trinajstić information content (AvgIpc) is 2.47. The second-order valence-corrected chi connectivity index (χ2v) is 7.43. The quantitative estimate of drug-likeness (QED) is 0.739. The minimum absolute atomic E-state index is 0.107. The van der Waals surface area contributed by atoms with E-state index in [0.717, 1.165) is 0 Å². The second-order valence-electron chi connectivity index (χ2n) is 5.78. The zero-order chi connectivity index (χ0) is 18.8. The monoisotopic (exact) mass is 373 g/mol. The molecule has 1 saturated carbocycles. The van der Waals surface area contributed by atoms with Gasteiger partial charge in [-0.2, -0.15) is 5.26 Å². The molecule has 1 aliphatic rings. The van der Waals surface area contributed by atoms with Crippen LogP contribution < -0.4 is 4.72 Å². The minimum atomic E-state index is -4.43. The number of nitrogens with one attached hydrogen (secondary N) is 1. The molecule has 1 fully saturated rings. The number of rotatable bonds is 7. The molecule has 1 aliphatic carbocycles. The van der Waals surface area contributed by atoms with Crippen molar-refractivity contribution in [2.45, 2.75) is 36.7 Å². The molecule has 0 bridgehead atoms. The molecule has 0 amide bonds. The zero-order valence-corrected chi connectivity index (χ0v) is 14.2. The molecule has 0 atom stereocenters. The summed E-state index contributed by atoms with van der Waals surface area (Å²) in [6.45, 7) is 2.14. The lowest BCUT2D eigenvalue weighted by Crippen LogP contribution is -2.54. The Morgan fingerprint density at radius 1 is 1.40 bits per heavy atom. The Hall–Kier alpha value is -2.09. The Morgan fingerprint density at radius 2 is 1.96 bits per heavy atom. The molecular formula is C15H17F2N3O4S. The van der Waals surface area contributed by atoms with Crippen molar-refractivity contribution in [3.8, 4) is 6.07 Å². The molecule has 25 heavy (non-hydrogen) atoms. The first-order valence-electron chi connectivity index (χ1n) is 7.55. The number of aliphatic carboxylic acids is 1. The van der Waals surface area contributed by atoms with E-state index in [1.54, 1.807) is 17.9 Å². The molecule has 1 aromatic rings. The zero-order valence-electron chi connectivity index (χ0n) is 13.4. The predicted molar refractivity (Wildman–Crippen MR) is 83.1 cm³/mol. The average molecular weight is 373 g/mol. The minimum Gasteiger partial charge on any atom is -0.480 e. The molecule has 2 rings (SSSR count). The van der Waals surface area contributed by atoms with Crippen molar-refractivity contribution in [1.82, 2.24) is 9.62 Å². The highest BCUT2D eigenvalue weighted by molar-refractivity contribution is 7.89. The molecule has 2 N–H and O–H groups in total. The number of hydrogen-bond donors (Lipinski definition) is 2. The van der Waals surface area contributed by atoms with E-state index in [-0.39, 0.29) is 18.2 Å². The summed E-state index contributed by atoms with van der Waals surface area (Å²) in [4.78, 5) is 11.3. The molecule has 10 heteroatoms. The lowest BCUT2D eigenvalue weighted by Gasteiger charge is -2.42. The maximum Gasteiger partial charge on any atom is 0.317 e. The van der Waals surface area contributed by atoms with Crippen LogP contribution in [0.15, 0.2) is 17.0 Å². The first kappa shape index (κ1) is 19.2. The van der Waals surface area contributed by atoms with Crippen LogP contribution in [0.4, 0.5) is 8.78 Å². The van der Waals surface area contributed by atoms with E-state index >= 15 is 0 Å². The number of hydrogen-bond acceptors (Lipinski definition) is 5. The van der Waals surface area contributed by atoms with Gasteiger partial charge >= 0.3 is 5.97 Å². The third-order valence-electron chi connectivity index (χ3n) is 4.09. The van der Waals surface area contributed by atoms with Crippen molar-refractivity contribution < 1.29 is 27.1 Å². The number of sulfonamides is 1. The van der Waals surface area contributed by atoms with Crippen molar-refractivity contribution in [1.29, 1.82) is 5.26 Å². The summed E-state index contributed by atoms with van der Waals surface area (Å²) in [6, 6.07) is 2.22. The summed E-state index contributed by atoms with van der Waals surface area (Å²) in [6.07, 6.45) is 0.694. The molecule has 136 valence electrons. The third-order valence-corrected chi connectivity index (χ3v) is 5.66. The molecule has 0 radical (unpaired) electrons. The summed E-state index contributed by atoms with van der Waals surface area (Å²) >= 11 is 0. The molecule has 0 heterocycles. The number of likely N-dealkylation sites (N-methyl/N-ethyl adjacent to an activating group) is 1. The number of nitrogens with zero attached hydrogens (tertiary/aromatic N) is 2. The molecule has 0 saturated heterocycles. The highest BCUT2D eigenvalue weighted by atomic mass is 32.2. The van der Waals surface area contributed by atoms with E-state index in [4.69, 9.17) is 10.4 Å². The first-order chi connectivity index (χ1) is 11.7. The van der Waals surface area contributed by atoms with Gasteiger partial charge in [0, 0.05) is 12.1 Å². The van der Waals surface area contributed by atoms with E-state index in [1.807, 2.05) is 0 Å². The van der Waals surface area contributed by atoms with Gasteiger partial charge in [0.15, 0.2) is 4.90 Å². The number of carboxylic acid groups (broad SMARTS) is 1. The SMILES string of the molecule is CCN(CC(=O)O)C1CC(NS(=O)(=O)c2c(F)cc(C#N)cc2F)C1. The van der Waals surface area contributed by atoms with E-state index in [2.05, 4.69) is 4.72 Å². The Kier molecular flexibility index (Phi) is 5.72. The lowest BCUT2D eigenvalue weighted by atomic mass is 9.86. The number of carboxylic acids is 1. The third kappa shape index (κ3) is 4.31. The van der Waals surface area contributed by atoms with Crippen LogP contribution in [0, 0.1) is 23.0 Å². The molecule has 0 unspecified atom stereocenters. The highest BCUT2D eigenvalue weighted by Gasteiger charge is 2.37. The fourth-order valence-electron chi connectivity index (χ4n) is 2.81. The van der Waals surface area contributed by atoms with E-state index in [9.17, 15) is 22.0 Å². The standard InChI is InChI=1S/C15H17F2N3O4S/c1-2-20(8-14(21)22)11-5-10(6-11)19-25(23,24)15-12(16)3-9(7-18)4-13(15)17/h3-4,10-11,19H,2,5-6,8H2,1H3,(H,21,22). The Balaban J connectivity index is 2.07. The Morgan fingerprint density at radius 3 is 2.40 bits per heavy atom.